The second-order valence-corrected chi connectivity index (χ2v) is 6.28. The Balaban J connectivity index is 0.00000182. The Morgan fingerprint density at radius 1 is 1.20 bits per heavy atom. The van der Waals surface area contributed by atoms with Crippen LogP contribution in [0.4, 0.5) is 17.5 Å². The third kappa shape index (κ3) is 3.80. The molecule has 0 spiro atoms. The minimum atomic E-state index is 0. The van der Waals surface area contributed by atoms with Crippen LogP contribution < -0.4 is 20.3 Å². The zero-order valence-corrected chi connectivity index (χ0v) is 15.2. The molecule has 0 aliphatic carbocycles. The summed E-state index contributed by atoms with van der Waals surface area (Å²) in [6.07, 6.45) is 3.40. The lowest BCUT2D eigenvalue weighted by Crippen LogP contribution is -2.28. The number of halogens is 1. The molecule has 1 aromatic carbocycles. The number of aromatic nitrogens is 2. The van der Waals surface area contributed by atoms with Crippen LogP contribution >= 0.6 is 12.4 Å². The van der Waals surface area contributed by atoms with Crippen molar-refractivity contribution in [2.45, 2.75) is 25.8 Å². The molecular weight excluding hydrogens is 338 g/mol. The molecule has 7 heteroatoms. The summed E-state index contributed by atoms with van der Waals surface area (Å²) in [5.74, 6) is 2.60. The van der Waals surface area contributed by atoms with Crippen molar-refractivity contribution in [2.24, 2.45) is 0 Å². The van der Waals surface area contributed by atoms with Gasteiger partial charge in [-0.25, -0.2) is 4.98 Å². The lowest BCUT2D eigenvalue weighted by molar-refractivity contribution is 0.415. The van der Waals surface area contributed by atoms with E-state index in [0.717, 1.165) is 61.5 Å². The largest absolute Gasteiger partial charge is 0.497 e. The normalized spacial score (nSPS) is 16.1. The lowest BCUT2D eigenvalue weighted by atomic mass is 10.1. The van der Waals surface area contributed by atoms with E-state index in [0.29, 0.717) is 0 Å². The standard InChI is InChI=1S/C18H23N5O.ClH/c1-24-14-6-4-5-13(11-14)20-17-15-12-19-8-7-16(15)21-18(22-17)23-9-2-3-10-23;/h4-6,11,19H,2-3,7-10,12H2,1H3,(H,20,21,22);1H. The number of hydrogen-bond acceptors (Lipinski definition) is 6. The maximum Gasteiger partial charge on any atom is 0.227 e. The molecule has 2 aliphatic heterocycles. The first-order valence-electron chi connectivity index (χ1n) is 8.60. The number of rotatable bonds is 4. The smallest absolute Gasteiger partial charge is 0.227 e. The number of anilines is 3. The highest BCUT2D eigenvalue weighted by Gasteiger charge is 2.22. The highest BCUT2D eigenvalue weighted by molar-refractivity contribution is 5.85. The van der Waals surface area contributed by atoms with E-state index in [4.69, 9.17) is 14.7 Å². The van der Waals surface area contributed by atoms with Gasteiger partial charge in [0.1, 0.15) is 11.6 Å². The van der Waals surface area contributed by atoms with Crippen molar-refractivity contribution >= 4 is 29.9 Å². The van der Waals surface area contributed by atoms with Gasteiger partial charge in [-0.3, -0.25) is 0 Å². The zero-order valence-electron chi connectivity index (χ0n) is 14.4. The molecule has 0 radical (unpaired) electrons. The Morgan fingerprint density at radius 3 is 2.84 bits per heavy atom. The van der Waals surface area contributed by atoms with E-state index in [2.05, 4.69) is 15.5 Å². The Kier molecular flexibility index (Phi) is 5.60. The Labute approximate surface area is 154 Å². The molecule has 6 nitrogen and oxygen atoms in total. The summed E-state index contributed by atoms with van der Waals surface area (Å²) in [6, 6.07) is 7.94. The van der Waals surface area contributed by atoms with Crippen molar-refractivity contribution in [3.05, 3.63) is 35.5 Å². The fourth-order valence-electron chi connectivity index (χ4n) is 3.33. The number of nitrogens with zero attached hydrogens (tertiary/aromatic N) is 3. The third-order valence-electron chi connectivity index (χ3n) is 4.64. The van der Waals surface area contributed by atoms with E-state index < -0.39 is 0 Å². The van der Waals surface area contributed by atoms with Crippen LogP contribution in [-0.2, 0) is 13.0 Å². The molecule has 4 rings (SSSR count). The highest BCUT2D eigenvalue weighted by Crippen LogP contribution is 2.28. The van der Waals surface area contributed by atoms with Gasteiger partial charge in [-0.2, -0.15) is 4.98 Å². The molecule has 2 aromatic rings. The summed E-state index contributed by atoms with van der Waals surface area (Å²) >= 11 is 0. The molecule has 134 valence electrons. The van der Waals surface area contributed by atoms with Gasteiger partial charge >= 0.3 is 0 Å². The van der Waals surface area contributed by atoms with Gasteiger partial charge in [0, 0.05) is 49.9 Å². The average molecular weight is 362 g/mol. The number of methoxy groups -OCH3 is 1. The number of nitrogens with one attached hydrogen (secondary N) is 2. The molecule has 0 atom stereocenters. The van der Waals surface area contributed by atoms with E-state index in [1.165, 1.54) is 18.4 Å². The van der Waals surface area contributed by atoms with Crippen molar-refractivity contribution in [3.63, 3.8) is 0 Å². The van der Waals surface area contributed by atoms with Gasteiger partial charge in [0.05, 0.1) is 12.8 Å². The molecule has 25 heavy (non-hydrogen) atoms. The topological polar surface area (TPSA) is 62.3 Å². The van der Waals surface area contributed by atoms with E-state index >= 15 is 0 Å². The molecule has 0 amide bonds. The maximum absolute atomic E-state index is 5.32. The summed E-state index contributed by atoms with van der Waals surface area (Å²) in [5, 5.41) is 6.89. The molecule has 0 saturated carbocycles. The van der Waals surface area contributed by atoms with Gasteiger partial charge in [0.2, 0.25) is 5.95 Å². The van der Waals surface area contributed by atoms with Gasteiger partial charge in [0.15, 0.2) is 0 Å². The van der Waals surface area contributed by atoms with Gasteiger partial charge in [0.25, 0.3) is 0 Å². The summed E-state index contributed by atoms with van der Waals surface area (Å²) < 4.78 is 5.32. The quantitative estimate of drug-likeness (QED) is 0.873. The highest BCUT2D eigenvalue weighted by atomic mass is 35.5. The number of ether oxygens (including phenoxy) is 1. The predicted molar refractivity (Wildman–Crippen MR) is 102 cm³/mol. The van der Waals surface area contributed by atoms with Crippen LogP contribution in [0.5, 0.6) is 5.75 Å². The molecule has 2 aliphatic rings. The van der Waals surface area contributed by atoms with Crippen LogP contribution in [0, 0.1) is 0 Å². The minimum Gasteiger partial charge on any atom is -0.497 e. The predicted octanol–water partition coefficient (Wildman–Crippen LogP) is 2.90. The maximum atomic E-state index is 5.32. The van der Waals surface area contributed by atoms with Crippen molar-refractivity contribution in [1.82, 2.24) is 15.3 Å². The zero-order chi connectivity index (χ0) is 16.4. The third-order valence-corrected chi connectivity index (χ3v) is 4.64. The van der Waals surface area contributed by atoms with Crippen LogP contribution in [0.25, 0.3) is 0 Å². The monoisotopic (exact) mass is 361 g/mol. The molecule has 1 saturated heterocycles. The number of fused-ring (bicyclic) bond motifs is 1. The molecule has 0 bridgehead atoms. The molecule has 2 N–H and O–H groups in total. The van der Waals surface area contributed by atoms with Crippen LogP contribution in [0.15, 0.2) is 24.3 Å². The molecular formula is C18H24ClN5O. The number of hydrogen-bond donors (Lipinski definition) is 2. The molecule has 0 unspecified atom stereocenters. The van der Waals surface area contributed by atoms with E-state index in [1.54, 1.807) is 7.11 Å². The summed E-state index contributed by atoms with van der Waals surface area (Å²) in [4.78, 5) is 12.0. The number of benzene rings is 1. The molecule has 3 heterocycles. The Bertz CT molecular complexity index is 733. The Hall–Kier alpha value is -2.05. The van der Waals surface area contributed by atoms with E-state index in [1.807, 2.05) is 24.3 Å². The first kappa shape index (κ1) is 17.8. The lowest BCUT2D eigenvalue weighted by Gasteiger charge is -2.23. The van der Waals surface area contributed by atoms with Gasteiger partial charge in [-0.15, -0.1) is 12.4 Å². The van der Waals surface area contributed by atoms with E-state index in [9.17, 15) is 0 Å². The van der Waals surface area contributed by atoms with Crippen molar-refractivity contribution in [2.75, 3.05) is 37.0 Å². The first-order chi connectivity index (χ1) is 11.8. The summed E-state index contributed by atoms with van der Waals surface area (Å²) in [7, 11) is 1.68. The van der Waals surface area contributed by atoms with Crippen molar-refractivity contribution in [3.8, 4) is 5.75 Å². The van der Waals surface area contributed by atoms with Crippen molar-refractivity contribution < 1.29 is 4.74 Å². The summed E-state index contributed by atoms with van der Waals surface area (Å²) in [5.41, 5.74) is 3.32. The van der Waals surface area contributed by atoms with Gasteiger partial charge < -0.3 is 20.3 Å². The fraction of sp³-hybridized carbons (Fsp3) is 0.444. The second kappa shape index (κ2) is 7.89. The Morgan fingerprint density at radius 2 is 2.04 bits per heavy atom. The van der Waals surface area contributed by atoms with Gasteiger partial charge in [-0.1, -0.05) is 6.07 Å². The average Bonchev–Trinajstić information content (AvgIpc) is 3.16. The van der Waals surface area contributed by atoms with Crippen LogP contribution in [-0.4, -0.2) is 36.7 Å². The second-order valence-electron chi connectivity index (χ2n) is 6.28. The molecule has 1 aromatic heterocycles. The van der Waals surface area contributed by atoms with Crippen molar-refractivity contribution in [1.29, 1.82) is 0 Å². The van der Waals surface area contributed by atoms with Gasteiger partial charge in [-0.05, 0) is 25.0 Å². The van der Waals surface area contributed by atoms with Crippen LogP contribution in [0.3, 0.4) is 0 Å². The minimum absolute atomic E-state index is 0. The van der Waals surface area contributed by atoms with Crippen LogP contribution in [0.2, 0.25) is 0 Å². The fourth-order valence-corrected chi connectivity index (χ4v) is 3.33. The van der Waals surface area contributed by atoms with E-state index in [-0.39, 0.29) is 12.4 Å². The summed E-state index contributed by atoms with van der Waals surface area (Å²) in [6.45, 7) is 3.88. The molecule has 1 fully saturated rings. The first-order valence-corrected chi connectivity index (χ1v) is 8.60. The van der Waals surface area contributed by atoms with Crippen LogP contribution in [0.1, 0.15) is 24.1 Å². The SMILES string of the molecule is COc1cccc(Nc2nc(N3CCCC3)nc3c2CNCC3)c1.Cl.